The first-order valence-corrected chi connectivity index (χ1v) is 13.5. The Morgan fingerprint density at radius 1 is 1.11 bits per heavy atom. The van der Waals surface area contributed by atoms with Crippen LogP contribution in [0.15, 0.2) is 36.4 Å². The van der Waals surface area contributed by atoms with Crippen LogP contribution in [-0.2, 0) is 21.3 Å². The number of carbonyl (C=O) groups excluding carboxylic acids is 1. The summed E-state index contributed by atoms with van der Waals surface area (Å²) in [7, 11) is -0.844. The van der Waals surface area contributed by atoms with Gasteiger partial charge in [0.05, 0.1) is 51.5 Å². The molecule has 9 nitrogen and oxygen atoms in total. The highest BCUT2D eigenvalue weighted by atomic mass is 35.5. The minimum atomic E-state index is -3.76. The van der Waals surface area contributed by atoms with Crippen molar-refractivity contribution < 1.29 is 27.4 Å². The number of anilines is 1. The molecule has 0 aliphatic carbocycles. The molecule has 192 valence electrons. The maximum atomic E-state index is 13.2. The van der Waals surface area contributed by atoms with Gasteiger partial charge in [-0.05, 0) is 36.7 Å². The molecule has 3 rings (SSSR count). The number of rotatable bonds is 11. The van der Waals surface area contributed by atoms with E-state index in [2.05, 4.69) is 10.2 Å². The smallest absolute Gasteiger partial charge is 0.253 e. The molecule has 0 radical (unpaired) electrons. The number of hydrogen-bond donors (Lipinski definition) is 1. The Morgan fingerprint density at radius 2 is 1.74 bits per heavy atom. The van der Waals surface area contributed by atoms with Crippen molar-refractivity contribution in [3.05, 3.63) is 52.5 Å². The number of carbonyl (C=O) groups is 1. The van der Waals surface area contributed by atoms with Gasteiger partial charge in [0.15, 0.2) is 11.5 Å². The second-order valence-electron chi connectivity index (χ2n) is 8.18. The molecule has 1 N–H and O–H groups in total. The summed E-state index contributed by atoms with van der Waals surface area (Å²) in [6.45, 7) is 4.49. The van der Waals surface area contributed by atoms with Crippen LogP contribution in [-0.4, -0.2) is 79.1 Å². The molecule has 1 heterocycles. The predicted octanol–water partition coefficient (Wildman–Crippen LogP) is 2.78. The van der Waals surface area contributed by atoms with Crippen LogP contribution in [0.5, 0.6) is 11.5 Å². The molecule has 1 fully saturated rings. The summed E-state index contributed by atoms with van der Waals surface area (Å²) in [5.74, 6) is 0.249. The molecular formula is C24H32ClN3O6S. The zero-order valence-corrected chi connectivity index (χ0v) is 21.8. The molecule has 35 heavy (non-hydrogen) atoms. The van der Waals surface area contributed by atoms with Crippen molar-refractivity contribution in [3.8, 4) is 11.5 Å². The van der Waals surface area contributed by atoms with Crippen molar-refractivity contribution in [3.63, 3.8) is 0 Å². The number of nitrogens with one attached hydrogen (secondary N) is 1. The third kappa shape index (κ3) is 7.47. The van der Waals surface area contributed by atoms with Gasteiger partial charge in [-0.25, -0.2) is 8.42 Å². The third-order valence-corrected chi connectivity index (χ3v) is 7.07. The molecular weight excluding hydrogens is 494 g/mol. The minimum Gasteiger partial charge on any atom is -0.493 e. The van der Waals surface area contributed by atoms with Crippen LogP contribution in [0.4, 0.5) is 5.69 Å². The highest BCUT2D eigenvalue weighted by Gasteiger charge is 2.26. The summed E-state index contributed by atoms with van der Waals surface area (Å²) < 4.78 is 43.0. The van der Waals surface area contributed by atoms with E-state index < -0.39 is 15.9 Å². The van der Waals surface area contributed by atoms with Crippen LogP contribution in [0.2, 0.25) is 5.02 Å². The fourth-order valence-corrected chi connectivity index (χ4v) is 4.84. The van der Waals surface area contributed by atoms with Gasteiger partial charge in [0.25, 0.3) is 5.91 Å². The average Bonchev–Trinajstić information content (AvgIpc) is 2.85. The molecule has 0 aromatic heterocycles. The fraction of sp³-hybridized carbons (Fsp3) is 0.458. The first-order chi connectivity index (χ1) is 16.7. The number of halogens is 1. The summed E-state index contributed by atoms with van der Waals surface area (Å²) in [4.78, 5) is 15.5. The van der Waals surface area contributed by atoms with Gasteiger partial charge in [0.1, 0.15) is 0 Å². The monoisotopic (exact) mass is 525 g/mol. The largest absolute Gasteiger partial charge is 0.493 e. The van der Waals surface area contributed by atoms with Gasteiger partial charge in [-0.2, -0.15) is 0 Å². The van der Waals surface area contributed by atoms with E-state index in [1.165, 1.54) is 30.7 Å². The number of morpholine rings is 1. The topological polar surface area (TPSA) is 97.4 Å². The Bertz CT molecular complexity index is 1100. The van der Waals surface area contributed by atoms with E-state index in [-0.39, 0.29) is 17.8 Å². The third-order valence-electron chi connectivity index (χ3n) is 5.70. The van der Waals surface area contributed by atoms with Gasteiger partial charge >= 0.3 is 0 Å². The maximum absolute atomic E-state index is 13.2. The summed E-state index contributed by atoms with van der Waals surface area (Å²) >= 11 is 5.98. The van der Waals surface area contributed by atoms with Crippen LogP contribution in [0, 0.1) is 0 Å². The van der Waals surface area contributed by atoms with E-state index >= 15 is 0 Å². The Hall–Kier alpha value is -2.53. The lowest BCUT2D eigenvalue weighted by atomic mass is 10.1. The zero-order valence-electron chi connectivity index (χ0n) is 20.3. The zero-order chi connectivity index (χ0) is 25.4. The fourth-order valence-electron chi connectivity index (χ4n) is 3.82. The number of sulfonamides is 1. The summed E-state index contributed by atoms with van der Waals surface area (Å²) in [5.41, 5.74) is 1.09. The van der Waals surface area contributed by atoms with Crippen LogP contribution in [0.3, 0.4) is 0 Å². The lowest BCUT2D eigenvalue weighted by Gasteiger charge is -2.27. The van der Waals surface area contributed by atoms with E-state index in [0.29, 0.717) is 28.6 Å². The summed E-state index contributed by atoms with van der Waals surface area (Å²) in [6, 6.07) is 9.88. The van der Waals surface area contributed by atoms with Crippen LogP contribution < -0.4 is 19.1 Å². The van der Waals surface area contributed by atoms with Crippen LogP contribution in [0.1, 0.15) is 22.3 Å². The highest BCUT2D eigenvalue weighted by Crippen LogP contribution is 2.37. The molecule has 1 aliphatic heterocycles. The first-order valence-electron chi connectivity index (χ1n) is 11.3. The van der Waals surface area contributed by atoms with Gasteiger partial charge in [-0.3, -0.25) is 14.0 Å². The van der Waals surface area contributed by atoms with Gasteiger partial charge in [-0.15, -0.1) is 0 Å². The van der Waals surface area contributed by atoms with E-state index in [1.807, 2.05) is 0 Å². The van der Waals surface area contributed by atoms with Crippen LogP contribution >= 0.6 is 11.6 Å². The number of hydrogen-bond acceptors (Lipinski definition) is 7. The van der Waals surface area contributed by atoms with E-state index in [4.69, 9.17) is 25.8 Å². The average molecular weight is 526 g/mol. The van der Waals surface area contributed by atoms with Gasteiger partial charge in [0.2, 0.25) is 10.0 Å². The van der Waals surface area contributed by atoms with Gasteiger partial charge in [0, 0.05) is 30.7 Å². The number of amides is 1. The van der Waals surface area contributed by atoms with E-state index in [1.54, 1.807) is 24.3 Å². The molecule has 11 heteroatoms. The predicted molar refractivity (Wildman–Crippen MR) is 136 cm³/mol. The van der Waals surface area contributed by atoms with Crippen molar-refractivity contribution >= 4 is 33.2 Å². The first kappa shape index (κ1) is 27.1. The summed E-state index contributed by atoms with van der Waals surface area (Å²) in [5, 5.41) is 3.46. The highest BCUT2D eigenvalue weighted by molar-refractivity contribution is 7.92. The number of nitrogens with zero attached hydrogens (tertiary/aromatic N) is 2. The van der Waals surface area contributed by atoms with Crippen molar-refractivity contribution in [2.45, 2.75) is 13.0 Å². The second-order valence-corrected chi connectivity index (χ2v) is 10.5. The summed E-state index contributed by atoms with van der Waals surface area (Å²) in [6.07, 6.45) is 1.86. The van der Waals surface area contributed by atoms with Crippen molar-refractivity contribution in [1.29, 1.82) is 0 Å². The standard InChI is InChI=1S/C24H32ClN3O6S/c1-32-22-15-20(24(29)26-9-4-10-27-11-13-34-14-12-27)21(16-23(22)33-2)28(35(3,30)31)17-18-5-7-19(25)8-6-18/h5-8,15-16H,4,9-14,17H2,1-3H3,(H,26,29). The molecule has 0 spiro atoms. The lowest BCUT2D eigenvalue weighted by Crippen LogP contribution is -2.38. The van der Waals surface area contributed by atoms with Crippen molar-refractivity contribution in [2.24, 2.45) is 0 Å². The van der Waals surface area contributed by atoms with Crippen LogP contribution in [0.25, 0.3) is 0 Å². The van der Waals surface area contributed by atoms with Gasteiger partial charge < -0.3 is 19.5 Å². The van der Waals surface area contributed by atoms with E-state index in [9.17, 15) is 13.2 Å². The molecule has 1 saturated heterocycles. The SMILES string of the molecule is COc1cc(C(=O)NCCCN2CCOCC2)c(N(Cc2ccc(Cl)cc2)S(C)(=O)=O)cc1OC. The second kappa shape index (κ2) is 12.4. The number of benzene rings is 2. The molecule has 1 amide bonds. The normalized spacial score (nSPS) is 14.4. The quantitative estimate of drug-likeness (QED) is 0.450. The Labute approximate surface area is 211 Å². The van der Waals surface area contributed by atoms with Crippen molar-refractivity contribution in [2.75, 3.05) is 64.2 Å². The van der Waals surface area contributed by atoms with E-state index in [0.717, 1.165) is 45.5 Å². The number of methoxy groups -OCH3 is 2. The molecule has 0 unspecified atom stereocenters. The Kier molecular flexibility index (Phi) is 9.62. The molecule has 1 aliphatic rings. The molecule has 0 bridgehead atoms. The maximum Gasteiger partial charge on any atom is 0.253 e. The Morgan fingerprint density at radius 3 is 2.34 bits per heavy atom. The molecule has 0 atom stereocenters. The number of ether oxygens (including phenoxy) is 3. The van der Waals surface area contributed by atoms with Crippen molar-refractivity contribution in [1.82, 2.24) is 10.2 Å². The van der Waals surface area contributed by atoms with Gasteiger partial charge in [-0.1, -0.05) is 23.7 Å². The minimum absolute atomic E-state index is 0.0167. The molecule has 2 aromatic rings. The Balaban J connectivity index is 1.87. The lowest BCUT2D eigenvalue weighted by molar-refractivity contribution is 0.0374. The molecule has 0 saturated carbocycles. The molecule has 2 aromatic carbocycles.